The monoisotopic (exact) mass is 526 g/mol. The summed E-state index contributed by atoms with van der Waals surface area (Å²) >= 11 is 3.39. The summed E-state index contributed by atoms with van der Waals surface area (Å²) in [6.45, 7) is 1.94. The molecule has 176 valence electrons. The zero-order chi connectivity index (χ0) is 24.7. The van der Waals surface area contributed by atoms with Gasteiger partial charge >= 0.3 is 5.97 Å². The number of benzene rings is 3. The number of hydrogen-bond donors (Lipinski definition) is 1. The normalized spacial score (nSPS) is 10.6. The molecule has 0 heterocycles. The third kappa shape index (κ3) is 5.93. The third-order valence-corrected chi connectivity index (χ3v) is 5.25. The quantitative estimate of drug-likeness (QED) is 0.196. The van der Waals surface area contributed by atoms with Gasteiger partial charge in [0.25, 0.3) is 5.91 Å². The molecule has 0 aliphatic heterocycles. The van der Waals surface area contributed by atoms with Crippen molar-refractivity contribution in [1.82, 2.24) is 5.43 Å². The van der Waals surface area contributed by atoms with Crippen LogP contribution in [0, 0.1) is 6.92 Å². The van der Waals surface area contributed by atoms with Crippen molar-refractivity contribution < 1.29 is 28.5 Å². The number of esters is 1. The van der Waals surface area contributed by atoms with Gasteiger partial charge in [0.15, 0.2) is 11.5 Å². The van der Waals surface area contributed by atoms with Gasteiger partial charge in [0.1, 0.15) is 5.75 Å². The fraction of sp³-hybridized carbons (Fsp3) is 0.160. The van der Waals surface area contributed by atoms with Crippen molar-refractivity contribution in [3.05, 3.63) is 81.3 Å². The maximum absolute atomic E-state index is 12.6. The Balaban J connectivity index is 1.78. The van der Waals surface area contributed by atoms with Crippen LogP contribution in [0.3, 0.4) is 0 Å². The number of nitrogens with one attached hydrogen (secondary N) is 1. The van der Waals surface area contributed by atoms with Gasteiger partial charge in [-0.3, -0.25) is 4.79 Å². The van der Waals surface area contributed by atoms with Gasteiger partial charge in [-0.1, -0.05) is 33.6 Å². The van der Waals surface area contributed by atoms with Crippen molar-refractivity contribution in [2.24, 2.45) is 5.10 Å². The van der Waals surface area contributed by atoms with Crippen molar-refractivity contribution >= 4 is 34.0 Å². The summed E-state index contributed by atoms with van der Waals surface area (Å²) in [7, 11) is 4.40. The van der Waals surface area contributed by atoms with E-state index in [-0.39, 0.29) is 5.56 Å². The SMILES string of the molecule is COc1cc(C(=O)N/N=C/c2cc(Br)ccc2OC(=O)c2ccc(C)cc2)cc(OC)c1OC. The zero-order valence-corrected chi connectivity index (χ0v) is 20.6. The second-order valence-electron chi connectivity index (χ2n) is 7.05. The molecular formula is C25H23BrN2O6. The minimum Gasteiger partial charge on any atom is -0.493 e. The first kappa shape index (κ1) is 24.8. The van der Waals surface area contributed by atoms with Crippen molar-refractivity contribution in [2.75, 3.05) is 21.3 Å². The lowest BCUT2D eigenvalue weighted by atomic mass is 10.1. The molecule has 1 amide bonds. The van der Waals surface area contributed by atoms with Gasteiger partial charge in [-0.15, -0.1) is 0 Å². The van der Waals surface area contributed by atoms with Crippen LogP contribution >= 0.6 is 15.9 Å². The summed E-state index contributed by atoms with van der Waals surface area (Å²) < 4.78 is 22.1. The van der Waals surface area contributed by atoms with Crippen LogP contribution in [0.5, 0.6) is 23.0 Å². The number of ether oxygens (including phenoxy) is 4. The Morgan fingerprint density at radius 2 is 1.50 bits per heavy atom. The highest BCUT2D eigenvalue weighted by Gasteiger charge is 2.17. The number of hydrazone groups is 1. The lowest BCUT2D eigenvalue weighted by Crippen LogP contribution is -2.18. The Hall–Kier alpha value is -3.85. The van der Waals surface area contributed by atoms with Gasteiger partial charge in [-0.25, -0.2) is 10.2 Å². The van der Waals surface area contributed by atoms with Crippen LogP contribution in [0.15, 0.2) is 64.2 Å². The summed E-state index contributed by atoms with van der Waals surface area (Å²) in [4.78, 5) is 25.2. The minimum atomic E-state index is -0.501. The Morgan fingerprint density at radius 3 is 2.09 bits per heavy atom. The van der Waals surface area contributed by atoms with Gasteiger partial charge in [-0.2, -0.15) is 5.10 Å². The Bertz CT molecular complexity index is 1200. The lowest BCUT2D eigenvalue weighted by Gasteiger charge is -2.13. The molecule has 0 aliphatic carbocycles. The van der Waals surface area contributed by atoms with Gasteiger partial charge < -0.3 is 18.9 Å². The molecule has 3 aromatic carbocycles. The van der Waals surface area contributed by atoms with Crippen molar-refractivity contribution in [3.63, 3.8) is 0 Å². The van der Waals surface area contributed by atoms with Gasteiger partial charge in [-0.05, 0) is 49.4 Å². The number of aryl methyl sites for hydroxylation is 1. The smallest absolute Gasteiger partial charge is 0.343 e. The molecule has 0 radical (unpaired) electrons. The Labute approximate surface area is 205 Å². The van der Waals surface area contributed by atoms with E-state index in [4.69, 9.17) is 18.9 Å². The highest BCUT2D eigenvalue weighted by atomic mass is 79.9. The summed E-state index contributed by atoms with van der Waals surface area (Å²) in [6.07, 6.45) is 1.39. The first-order valence-electron chi connectivity index (χ1n) is 10.1. The van der Waals surface area contributed by atoms with Crippen LogP contribution in [0.25, 0.3) is 0 Å². The van der Waals surface area contributed by atoms with E-state index >= 15 is 0 Å². The Morgan fingerprint density at radius 1 is 0.853 bits per heavy atom. The van der Waals surface area contributed by atoms with E-state index in [1.54, 1.807) is 30.3 Å². The number of amides is 1. The number of hydrogen-bond acceptors (Lipinski definition) is 7. The largest absolute Gasteiger partial charge is 0.493 e. The van der Waals surface area contributed by atoms with E-state index in [0.717, 1.165) is 10.0 Å². The summed E-state index contributed by atoms with van der Waals surface area (Å²) in [5.74, 6) is 0.350. The molecule has 1 N–H and O–H groups in total. The number of halogens is 1. The molecule has 0 fully saturated rings. The number of carbonyl (C=O) groups excluding carboxylic acids is 2. The van der Waals surface area contributed by atoms with E-state index in [9.17, 15) is 9.59 Å². The van der Waals surface area contributed by atoms with Crippen LogP contribution in [-0.4, -0.2) is 39.4 Å². The van der Waals surface area contributed by atoms with Gasteiger partial charge in [0.2, 0.25) is 5.75 Å². The van der Waals surface area contributed by atoms with E-state index in [1.165, 1.54) is 39.7 Å². The molecule has 0 aliphatic rings. The molecule has 0 saturated carbocycles. The number of rotatable bonds is 8. The topological polar surface area (TPSA) is 95.5 Å². The maximum atomic E-state index is 12.6. The fourth-order valence-electron chi connectivity index (χ4n) is 3.00. The highest BCUT2D eigenvalue weighted by molar-refractivity contribution is 9.10. The van der Waals surface area contributed by atoms with Crippen LogP contribution in [0.2, 0.25) is 0 Å². The van der Waals surface area contributed by atoms with Crippen LogP contribution in [-0.2, 0) is 0 Å². The summed E-state index contributed by atoms with van der Waals surface area (Å²) in [6, 6.07) is 15.2. The molecule has 0 saturated heterocycles. The molecule has 0 unspecified atom stereocenters. The Kier molecular flexibility index (Phi) is 8.26. The van der Waals surface area contributed by atoms with E-state index in [2.05, 4.69) is 26.5 Å². The van der Waals surface area contributed by atoms with E-state index in [0.29, 0.717) is 34.1 Å². The first-order chi connectivity index (χ1) is 16.4. The average molecular weight is 527 g/mol. The maximum Gasteiger partial charge on any atom is 0.343 e. The van der Waals surface area contributed by atoms with Crippen LogP contribution < -0.4 is 24.4 Å². The molecule has 0 aromatic heterocycles. The summed E-state index contributed by atoms with van der Waals surface area (Å²) in [5, 5.41) is 4.02. The molecule has 9 heteroatoms. The second kappa shape index (κ2) is 11.3. The molecular weight excluding hydrogens is 504 g/mol. The molecule has 0 atom stereocenters. The predicted molar refractivity (Wildman–Crippen MR) is 131 cm³/mol. The van der Waals surface area contributed by atoms with Crippen LogP contribution in [0.4, 0.5) is 0 Å². The number of nitrogens with zero attached hydrogens (tertiary/aromatic N) is 1. The number of methoxy groups -OCH3 is 3. The molecule has 0 spiro atoms. The molecule has 34 heavy (non-hydrogen) atoms. The molecule has 8 nitrogen and oxygen atoms in total. The predicted octanol–water partition coefficient (Wildman–Crippen LogP) is 4.77. The molecule has 3 aromatic rings. The minimum absolute atomic E-state index is 0.256. The van der Waals surface area contributed by atoms with Gasteiger partial charge in [0.05, 0.1) is 33.1 Å². The molecule has 0 bridgehead atoms. The lowest BCUT2D eigenvalue weighted by molar-refractivity contribution is 0.0734. The first-order valence-corrected chi connectivity index (χ1v) is 10.9. The van der Waals surface area contributed by atoms with E-state index in [1.807, 2.05) is 19.1 Å². The third-order valence-electron chi connectivity index (χ3n) is 4.76. The van der Waals surface area contributed by atoms with Gasteiger partial charge in [0, 0.05) is 15.6 Å². The van der Waals surface area contributed by atoms with Crippen molar-refractivity contribution in [3.8, 4) is 23.0 Å². The van der Waals surface area contributed by atoms with Crippen LogP contribution in [0.1, 0.15) is 31.8 Å². The van der Waals surface area contributed by atoms with E-state index < -0.39 is 11.9 Å². The average Bonchev–Trinajstić information content (AvgIpc) is 2.84. The molecule has 3 rings (SSSR count). The number of carbonyl (C=O) groups is 2. The summed E-state index contributed by atoms with van der Waals surface area (Å²) in [5.41, 5.74) is 4.65. The fourth-order valence-corrected chi connectivity index (χ4v) is 3.38. The second-order valence-corrected chi connectivity index (χ2v) is 7.97. The van der Waals surface area contributed by atoms with Crippen molar-refractivity contribution in [2.45, 2.75) is 6.92 Å². The highest BCUT2D eigenvalue weighted by Crippen LogP contribution is 2.38. The van der Waals surface area contributed by atoms with Crippen molar-refractivity contribution in [1.29, 1.82) is 0 Å². The zero-order valence-electron chi connectivity index (χ0n) is 19.0. The standard InChI is InChI=1S/C25H23BrN2O6/c1-15-5-7-16(8-6-15)25(30)34-20-10-9-19(26)11-18(20)14-27-28-24(29)17-12-21(31-2)23(33-4)22(13-17)32-3/h5-14H,1-4H3,(H,28,29)/b27-14+.